The van der Waals surface area contributed by atoms with E-state index in [1.54, 1.807) is 0 Å². The average Bonchev–Trinajstić information content (AvgIpc) is 3.88. The fourth-order valence-corrected chi connectivity index (χ4v) is 9.92. The molecule has 2 heterocycles. The van der Waals surface area contributed by atoms with Gasteiger partial charge in [-0.25, -0.2) is 0 Å². The van der Waals surface area contributed by atoms with E-state index in [0.29, 0.717) is 0 Å². The summed E-state index contributed by atoms with van der Waals surface area (Å²) >= 11 is 0. The summed E-state index contributed by atoms with van der Waals surface area (Å²) in [5.74, 6) is 0. The van der Waals surface area contributed by atoms with Gasteiger partial charge in [0.25, 0.3) is 0 Å². The third-order valence-corrected chi connectivity index (χ3v) is 12.9. The maximum atomic E-state index is 2.46. The predicted octanol–water partition coefficient (Wildman–Crippen LogP) is 16.0. The molecule has 9 aromatic carbocycles. The molecule has 0 saturated carbocycles. The van der Waals surface area contributed by atoms with Crippen molar-refractivity contribution in [2.75, 3.05) is 4.90 Å². The molecule has 0 atom stereocenters. The van der Waals surface area contributed by atoms with E-state index in [2.05, 4.69) is 251 Å². The smallest absolute Gasteiger partial charge is 0.0541 e. The van der Waals surface area contributed by atoms with Crippen LogP contribution < -0.4 is 4.90 Å². The van der Waals surface area contributed by atoms with Gasteiger partial charge in [-0.15, -0.1) is 0 Å². The first-order valence-electron chi connectivity index (χ1n) is 21.9. The van der Waals surface area contributed by atoms with Crippen molar-refractivity contribution in [2.45, 2.75) is 12.8 Å². The predicted molar refractivity (Wildman–Crippen MR) is 266 cm³/mol. The number of fused-ring (bicyclic) bond motifs is 6. The second kappa shape index (κ2) is 15.4. The second-order valence-corrected chi connectivity index (χ2v) is 16.5. The van der Waals surface area contributed by atoms with Crippen molar-refractivity contribution < 1.29 is 0 Å². The molecule has 298 valence electrons. The second-order valence-electron chi connectivity index (χ2n) is 16.5. The van der Waals surface area contributed by atoms with Gasteiger partial charge in [-0.3, -0.25) is 0 Å². The molecular formula is C60H43N3. The van der Waals surface area contributed by atoms with Gasteiger partial charge < -0.3 is 14.0 Å². The molecule has 0 fully saturated rings. The van der Waals surface area contributed by atoms with Crippen LogP contribution in [0, 0.1) is 0 Å². The average molecular weight is 806 g/mol. The molecule has 0 saturated heterocycles. The highest BCUT2D eigenvalue weighted by atomic mass is 15.1. The molecule has 0 unspecified atom stereocenters. The molecule has 11 aromatic rings. The molecule has 0 bridgehead atoms. The first-order chi connectivity index (χ1) is 31.3. The third kappa shape index (κ3) is 6.36. The van der Waals surface area contributed by atoms with E-state index in [1.807, 2.05) is 0 Å². The van der Waals surface area contributed by atoms with Crippen LogP contribution in [0.15, 0.2) is 231 Å². The number of allylic oxidation sites excluding steroid dienone is 1. The van der Waals surface area contributed by atoms with E-state index < -0.39 is 0 Å². The highest BCUT2D eigenvalue weighted by molar-refractivity contribution is 6.10. The first-order valence-corrected chi connectivity index (χ1v) is 21.9. The highest BCUT2D eigenvalue weighted by Gasteiger charge is 2.23. The van der Waals surface area contributed by atoms with Crippen LogP contribution in [-0.4, -0.2) is 9.13 Å². The first kappa shape index (κ1) is 36.7. The van der Waals surface area contributed by atoms with Gasteiger partial charge >= 0.3 is 0 Å². The Labute approximate surface area is 367 Å². The van der Waals surface area contributed by atoms with E-state index in [4.69, 9.17) is 0 Å². The lowest BCUT2D eigenvalue weighted by Crippen LogP contribution is -2.11. The summed E-state index contributed by atoms with van der Waals surface area (Å²) in [5.41, 5.74) is 19.5. The summed E-state index contributed by atoms with van der Waals surface area (Å²) in [6, 6.07) is 83.7. The Morgan fingerprint density at radius 3 is 1.57 bits per heavy atom. The number of hydrogen-bond donors (Lipinski definition) is 0. The maximum Gasteiger partial charge on any atom is 0.0541 e. The minimum atomic E-state index is 0.982. The van der Waals surface area contributed by atoms with Crippen molar-refractivity contribution in [3.63, 3.8) is 0 Å². The summed E-state index contributed by atoms with van der Waals surface area (Å²) in [6.45, 7) is 0. The van der Waals surface area contributed by atoms with E-state index in [9.17, 15) is 0 Å². The number of aromatic nitrogens is 2. The zero-order valence-electron chi connectivity index (χ0n) is 34.8. The zero-order valence-corrected chi connectivity index (χ0v) is 34.8. The molecule has 3 nitrogen and oxygen atoms in total. The lowest BCUT2D eigenvalue weighted by Gasteiger charge is -2.28. The summed E-state index contributed by atoms with van der Waals surface area (Å²) in [6.07, 6.45) is 4.40. The Morgan fingerprint density at radius 2 is 0.873 bits per heavy atom. The lowest BCUT2D eigenvalue weighted by molar-refractivity contribution is 0.898. The third-order valence-electron chi connectivity index (χ3n) is 12.9. The molecule has 12 rings (SSSR count). The molecule has 1 aliphatic carbocycles. The van der Waals surface area contributed by atoms with Crippen molar-refractivity contribution >= 4 is 61.4 Å². The standard InChI is InChI=1S/C60H43N3/c1-4-16-44(17-5-1)51-22-10-13-25-56(51)61(49-34-28-42(29-35-49)45-32-38-59-54(40-45)52-23-11-14-26-57(52)62(59)47-18-6-2-7-19-47)50-36-30-43(31-37-50)46-33-39-60-55(41-46)53-24-12-15-27-58(53)63(60)48-20-8-3-9-21-48/h1-32,34-38,40-41H,33,39H2. The van der Waals surface area contributed by atoms with Crippen molar-refractivity contribution in [1.82, 2.24) is 9.13 Å². The molecule has 0 N–H and O–H groups in total. The van der Waals surface area contributed by atoms with Crippen LogP contribution in [0.2, 0.25) is 0 Å². The topological polar surface area (TPSA) is 13.1 Å². The van der Waals surface area contributed by atoms with Gasteiger partial charge in [-0.05, 0) is 126 Å². The molecule has 3 heteroatoms. The van der Waals surface area contributed by atoms with Crippen LogP contribution in [0.25, 0.3) is 78.0 Å². The Kier molecular flexibility index (Phi) is 8.97. The Hall–Kier alpha value is -8.14. The Morgan fingerprint density at radius 1 is 0.349 bits per heavy atom. The summed E-state index contributed by atoms with van der Waals surface area (Å²) in [4.78, 5) is 2.41. The van der Waals surface area contributed by atoms with E-state index >= 15 is 0 Å². The Balaban J connectivity index is 0.933. The van der Waals surface area contributed by atoms with Gasteiger partial charge in [0.1, 0.15) is 0 Å². The van der Waals surface area contributed by atoms with E-state index in [0.717, 1.165) is 29.9 Å². The molecule has 0 aliphatic heterocycles. The number of rotatable bonds is 8. The van der Waals surface area contributed by atoms with E-state index in [1.165, 1.54) is 88.7 Å². The van der Waals surface area contributed by atoms with Crippen LogP contribution in [0.3, 0.4) is 0 Å². The highest BCUT2D eigenvalue weighted by Crippen LogP contribution is 2.44. The number of hydrogen-bond acceptors (Lipinski definition) is 1. The molecular weight excluding hydrogens is 763 g/mol. The summed E-state index contributed by atoms with van der Waals surface area (Å²) in [7, 11) is 0. The van der Waals surface area contributed by atoms with Gasteiger partial charge in [0, 0.05) is 55.7 Å². The van der Waals surface area contributed by atoms with Crippen LogP contribution in [0.5, 0.6) is 0 Å². The van der Waals surface area contributed by atoms with Crippen molar-refractivity contribution in [1.29, 1.82) is 0 Å². The van der Waals surface area contributed by atoms with Crippen LogP contribution in [0.1, 0.15) is 23.2 Å². The van der Waals surface area contributed by atoms with Gasteiger partial charge in [0.05, 0.1) is 22.2 Å². The lowest BCUT2D eigenvalue weighted by atomic mass is 9.91. The number of anilines is 3. The zero-order chi connectivity index (χ0) is 41.7. The SMILES string of the molecule is C1=C(c2ccc(N(c3ccc(-c4ccc5c(c4)c4ccccc4n5-c4ccccc4)cc3)c3ccccc3-c3ccccc3)cc2)CCc2c1c1ccccc1n2-c1ccccc1. The van der Waals surface area contributed by atoms with Gasteiger partial charge in [0.15, 0.2) is 0 Å². The molecule has 1 aliphatic rings. The van der Waals surface area contributed by atoms with E-state index in [-0.39, 0.29) is 0 Å². The minimum absolute atomic E-state index is 0.982. The molecule has 2 aromatic heterocycles. The van der Waals surface area contributed by atoms with Gasteiger partial charge in [-0.2, -0.15) is 0 Å². The Bertz CT molecular complexity index is 3470. The number of para-hydroxylation sites is 5. The van der Waals surface area contributed by atoms with Crippen LogP contribution >= 0.6 is 0 Å². The molecule has 0 spiro atoms. The minimum Gasteiger partial charge on any atom is -0.313 e. The fourth-order valence-electron chi connectivity index (χ4n) is 9.92. The quantitative estimate of drug-likeness (QED) is 0.149. The molecule has 63 heavy (non-hydrogen) atoms. The molecule has 0 amide bonds. The van der Waals surface area contributed by atoms with Crippen molar-refractivity contribution in [3.05, 3.63) is 247 Å². The summed E-state index contributed by atoms with van der Waals surface area (Å²) in [5, 5.41) is 3.81. The van der Waals surface area contributed by atoms with Crippen LogP contribution in [0.4, 0.5) is 17.1 Å². The van der Waals surface area contributed by atoms with Gasteiger partial charge in [0.2, 0.25) is 0 Å². The largest absolute Gasteiger partial charge is 0.313 e. The number of nitrogens with zero attached hydrogens (tertiary/aromatic N) is 3. The normalized spacial score (nSPS) is 12.4. The monoisotopic (exact) mass is 805 g/mol. The van der Waals surface area contributed by atoms with Crippen LogP contribution in [-0.2, 0) is 6.42 Å². The van der Waals surface area contributed by atoms with Gasteiger partial charge in [-0.1, -0.05) is 152 Å². The van der Waals surface area contributed by atoms with Crippen molar-refractivity contribution in [2.24, 2.45) is 0 Å². The number of benzene rings is 9. The van der Waals surface area contributed by atoms with Crippen molar-refractivity contribution in [3.8, 4) is 33.6 Å². The molecule has 0 radical (unpaired) electrons. The maximum absolute atomic E-state index is 2.46. The summed E-state index contributed by atoms with van der Waals surface area (Å²) < 4.78 is 4.83. The fraction of sp³-hybridized carbons (Fsp3) is 0.0333.